The lowest BCUT2D eigenvalue weighted by atomic mass is 10.00. The summed E-state index contributed by atoms with van der Waals surface area (Å²) in [5, 5.41) is 3.62. The first-order valence-corrected chi connectivity index (χ1v) is 7.08. The van der Waals surface area contributed by atoms with Crippen LogP contribution < -0.4 is 5.32 Å². The Hall–Kier alpha value is 0.690. The molecule has 0 aromatic heterocycles. The Balaban J connectivity index is 2.42. The molecule has 3 unspecified atom stereocenters. The molecule has 1 nitrogen and oxygen atoms in total. The standard InChI is InChI=1S/C11H22IN/c1-3-13-11-6-9(2)4-5-10(7-11)8-12/h9-11,13H,3-8H2,1-2H3. The fourth-order valence-electron chi connectivity index (χ4n) is 2.34. The van der Waals surface area contributed by atoms with Crippen molar-refractivity contribution in [2.24, 2.45) is 11.8 Å². The highest BCUT2D eigenvalue weighted by Crippen LogP contribution is 2.28. The number of hydrogen-bond acceptors (Lipinski definition) is 1. The van der Waals surface area contributed by atoms with Crippen molar-refractivity contribution in [3.05, 3.63) is 0 Å². The van der Waals surface area contributed by atoms with E-state index in [4.69, 9.17) is 0 Å². The monoisotopic (exact) mass is 295 g/mol. The minimum Gasteiger partial charge on any atom is -0.314 e. The Kier molecular flexibility index (Phi) is 5.63. The first kappa shape index (κ1) is 11.8. The van der Waals surface area contributed by atoms with E-state index >= 15 is 0 Å². The molecule has 0 aromatic carbocycles. The quantitative estimate of drug-likeness (QED) is 0.479. The van der Waals surface area contributed by atoms with Gasteiger partial charge in [-0.15, -0.1) is 0 Å². The lowest BCUT2D eigenvalue weighted by molar-refractivity contribution is 0.399. The first-order chi connectivity index (χ1) is 6.26. The van der Waals surface area contributed by atoms with Gasteiger partial charge in [-0.1, -0.05) is 42.9 Å². The van der Waals surface area contributed by atoms with Crippen LogP contribution in [0.15, 0.2) is 0 Å². The molecule has 1 fully saturated rings. The molecule has 13 heavy (non-hydrogen) atoms. The predicted molar refractivity (Wildman–Crippen MR) is 67.5 cm³/mol. The first-order valence-electron chi connectivity index (χ1n) is 5.55. The van der Waals surface area contributed by atoms with Gasteiger partial charge in [-0.05, 0) is 37.6 Å². The van der Waals surface area contributed by atoms with Crippen molar-refractivity contribution in [1.82, 2.24) is 5.32 Å². The average molecular weight is 295 g/mol. The summed E-state index contributed by atoms with van der Waals surface area (Å²) in [6, 6.07) is 0.794. The van der Waals surface area contributed by atoms with Gasteiger partial charge in [0.25, 0.3) is 0 Å². The van der Waals surface area contributed by atoms with Crippen molar-refractivity contribution in [2.75, 3.05) is 11.0 Å². The van der Waals surface area contributed by atoms with Crippen LogP contribution in [0, 0.1) is 11.8 Å². The highest BCUT2D eigenvalue weighted by molar-refractivity contribution is 14.1. The van der Waals surface area contributed by atoms with Gasteiger partial charge in [-0.2, -0.15) is 0 Å². The van der Waals surface area contributed by atoms with Gasteiger partial charge in [-0.3, -0.25) is 0 Å². The molecule has 0 aromatic rings. The average Bonchev–Trinajstić information content (AvgIpc) is 2.28. The second kappa shape index (κ2) is 6.23. The van der Waals surface area contributed by atoms with Crippen LogP contribution in [0.2, 0.25) is 0 Å². The summed E-state index contributed by atoms with van der Waals surface area (Å²) >= 11 is 2.54. The maximum absolute atomic E-state index is 3.62. The summed E-state index contributed by atoms with van der Waals surface area (Å²) < 4.78 is 1.34. The van der Waals surface area contributed by atoms with E-state index in [2.05, 4.69) is 41.8 Å². The minimum atomic E-state index is 0.794. The van der Waals surface area contributed by atoms with Crippen molar-refractivity contribution in [1.29, 1.82) is 0 Å². The third-order valence-corrected chi connectivity index (χ3v) is 4.33. The Morgan fingerprint density at radius 3 is 2.69 bits per heavy atom. The molecular weight excluding hydrogens is 273 g/mol. The Morgan fingerprint density at radius 1 is 1.31 bits per heavy atom. The normalized spacial score (nSPS) is 35.8. The molecule has 1 rings (SSSR count). The SMILES string of the molecule is CCNC1CC(C)CCC(CI)C1. The number of halogens is 1. The number of alkyl halides is 1. The van der Waals surface area contributed by atoms with Gasteiger partial charge < -0.3 is 5.32 Å². The van der Waals surface area contributed by atoms with E-state index in [9.17, 15) is 0 Å². The molecule has 1 saturated carbocycles. The van der Waals surface area contributed by atoms with Crippen LogP contribution in [0.4, 0.5) is 0 Å². The van der Waals surface area contributed by atoms with E-state index < -0.39 is 0 Å². The van der Waals surface area contributed by atoms with E-state index in [-0.39, 0.29) is 0 Å². The zero-order chi connectivity index (χ0) is 9.68. The highest BCUT2D eigenvalue weighted by Gasteiger charge is 2.22. The van der Waals surface area contributed by atoms with E-state index in [0.717, 1.165) is 24.4 Å². The molecule has 0 saturated heterocycles. The summed E-state index contributed by atoms with van der Waals surface area (Å²) in [6.07, 6.45) is 5.68. The van der Waals surface area contributed by atoms with Crippen LogP contribution in [0.3, 0.4) is 0 Å². The van der Waals surface area contributed by atoms with Gasteiger partial charge in [0.15, 0.2) is 0 Å². The summed E-state index contributed by atoms with van der Waals surface area (Å²) in [5.74, 6) is 1.89. The third kappa shape index (κ3) is 4.15. The van der Waals surface area contributed by atoms with Gasteiger partial charge in [0.2, 0.25) is 0 Å². The molecular formula is C11H22IN. The molecule has 1 aliphatic rings. The zero-order valence-corrected chi connectivity index (χ0v) is 11.0. The summed E-state index contributed by atoms with van der Waals surface area (Å²) in [5.41, 5.74) is 0. The van der Waals surface area contributed by atoms with Gasteiger partial charge in [0.1, 0.15) is 0 Å². The van der Waals surface area contributed by atoms with Crippen LogP contribution in [-0.2, 0) is 0 Å². The molecule has 0 bridgehead atoms. The van der Waals surface area contributed by atoms with Crippen LogP contribution in [0.25, 0.3) is 0 Å². The van der Waals surface area contributed by atoms with Crippen molar-refractivity contribution in [3.8, 4) is 0 Å². The van der Waals surface area contributed by atoms with Crippen LogP contribution in [0.1, 0.15) is 39.5 Å². The fourth-order valence-corrected chi connectivity index (χ4v) is 3.14. The summed E-state index contributed by atoms with van der Waals surface area (Å²) in [4.78, 5) is 0. The predicted octanol–water partition coefficient (Wildman–Crippen LogP) is 3.23. The van der Waals surface area contributed by atoms with Crippen molar-refractivity contribution >= 4 is 22.6 Å². The lowest BCUT2D eigenvalue weighted by Crippen LogP contribution is -2.31. The van der Waals surface area contributed by atoms with Crippen LogP contribution >= 0.6 is 22.6 Å². The van der Waals surface area contributed by atoms with E-state index in [1.165, 1.54) is 30.1 Å². The second-order valence-corrected chi connectivity index (χ2v) is 5.31. The maximum atomic E-state index is 3.62. The molecule has 0 aliphatic heterocycles. The van der Waals surface area contributed by atoms with Crippen molar-refractivity contribution in [2.45, 2.75) is 45.6 Å². The molecule has 1 N–H and O–H groups in total. The second-order valence-electron chi connectivity index (χ2n) is 4.43. The molecule has 2 heteroatoms. The molecule has 3 atom stereocenters. The maximum Gasteiger partial charge on any atom is 0.00723 e. The minimum absolute atomic E-state index is 0.794. The van der Waals surface area contributed by atoms with Gasteiger partial charge in [-0.25, -0.2) is 0 Å². The van der Waals surface area contributed by atoms with E-state index in [1.807, 2.05) is 0 Å². The molecule has 0 radical (unpaired) electrons. The molecule has 78 valence electrons. The zero-order valence-electron chi connectivity index (χ0n) is 8.85. The Morgan fingerprint density at radius 2 is 2.08 bits per heavy atom. The van der Waals surface area contributed by atoms with Crippen LogP contribution in [0.5, 0.6) is 0 Å². The molecule has 0 amide bonds. The van der Waals surface area contributed by atoms with Gasteiger partial charge in [0.05, 0.1) is 0 Å². The summed E-state index contributed by atoms with van der Waals surface area (Å²) in [6.45, 7) is 5.75. The fraction of sp³-hybridized carbons (Fsp3) is 1.00. The number of nitrogens with one attached hydrogen (secondary N) is 1. The van der Waals surface area contributed by atoms with Gasteiger partial charge >= 0.3 is 0 Å². The molecule has 1 aliphatic carbocycles. The van der Waals surface area contributed by atoms with Crippen molar-refractivity contribution in [3.63, 3.8) is 0 Å². The van der Waals surface area contributed by atoms with E-state index in [1.54, 1.807) is 0 Å². The van der Waals surface area contributed by atoms with E-state index in [0.29, 0.717) is 0 Å². The van der Waals surface area contributed by atoms with Crippen LogP contribution in [-0.4, -0.2) is 17.0 Å². The Labute approximate surface area is 96.2 Å². The number of rotatable bonds is 3. The lowest BCUT2D eigenvalue weighted by Gasteiger charge is -2.19. The smallest absolute Gasteiger partial charge is 0.00723 e. The number of hydrogen-bond donors (Lipinski definition) is 1. The highest BCUT2D eigenvalue weighted by atomic mass is 127. The van der Waals surface area contributed by atoms with Gasteiger partial charge in [0, 0.05) is 10.5 Å². The molecule has 0 spiro atoms. The summed E-state index contributed by atoms with van der Waals surface area (Å²) in [7, 11) is 0. The topological polar surface area (TPSA) is 12.0 Å². The third-order valence-electron chi connectivity index (χ3n) is 3.08. The molecule has 0 heterocycles. The largest absolute Gasteiger partial charge is 0.314 e. The Bertz CT molecular complexity index is 138. The van der Waals surface area contributed by atoms with Crippen molar-refractivity contribution < 1.29 is 0 Å².